The third-order valence-corrected chi connectivity index (χ3v) is 7.04. The second-order valence-corrected chi connectivity index (χ2v) is 13.1. The number of aromatic carboxylic acids is 1. The molecule has 1 aromatic heterocycles. The van der Waals surface area contributed by atoms with Crippen molar-refractivity contribution in [1.29, 1.82) is 0 Å². The highest BCUT2D eigenvalue weighted by Gasteiger charge is 2.47. The molecule has 0 aliphatic carbocycles. The molecule has 1 N–H and O–H groups in total. The molecule has 2 aliphatic heterocycles. The molecule has 0 atom stereocenters. The first-order valence-electron chi connectivity index (χ1n) is 12.6. The summed E-state index contributed by atoms with van der Waals surface area (Å²) in [5.74, 6) is 5.00. The van der Waals surface area contributed by atoms with E-state index in [2.05, 4.69) is 11.8 Å². The molecule has 0 saturated carbocycles. The summed E-state index contributed by atoms with van der Waals surface area (Å²) in [7, 11) is 0. The van der Waals surface area contributed by atoms with Crippen LogP contribution in [0.25, 0.3) is 0 Å². The highest BCUT2D eigenvalue weighted by molar-refractivity contribution is 7.15. The molecule has 0 radical (unpaired) electrons. The maximum atomic E-state index is 12.8. The van der Waals surface area contributed by atoms with Crippen molar-refractivity contribution in [2.75, 3.05) is 31.1 Å². The molecule has 11 heteroatoms. The Bertz CT molecular complexity index is 1140. The Hall–Kier alpha value is -3.26. The first-order valence-corrected chi connectivity index (χ1v) is 13.4. The molecule has 0 spiro atoms. The maximum Gasteiger partial charge on any atom is 0.410 e. The van der Waals surface area contributed by atoms with Crippen LogP contribution in [0.4, 0.5) is 15.3 Å². The van der Waals surface area contributed by atoms with Crippen LogP contribution in [-0.4, -0.2) is 82.9 Å². The van der Waals surface area contributed by atoms with Crippen molar-refractivity contribution in [2.45, 2.75) is 78.6 Å². The summed E-state index contributed by atoms with van der Waals surface area (Å²) < 4.78 is 11.1. The van der Waals surface area contributed by atoms with Crippen LogP contribution >= 0.6 is 11.3 Å². The van der Waals surface area contributed by atoms with Crippen molar-refractivity contribution in [2.24, 2.45) is 5.41 Å². The summed E-state index contributed by atoms with van der Waals surface area (Å²) in [6, 6.07) is 1.38. The van der Waals surface area contributed by atoms with Gasteiger partial charge >= 0.3 is 18.2 Å². The van der Waals surface area contributed by atoms with E-state index in [1.54, 1.807) is 38.7 Å². The van der Waals surface area contributed by atoms with Gasteiger partial charge in [-0.25, -0.2) is 14.4 Å². The number of carbonyl (C=O) groups is 4. The van der Waals surface area contributed by atoms with Crippen LogP contribution in [-0.2, 0) is 14.3 Å². The van der Waals surface area contributed by atoms with E-state index >= 15 is 0 Å². The van der Waals surface area contributed by atoms with Crippen molar-refractivity contribution >= 4 is 41.6 Å². The Morgan fingerprint density at radius 2 is 1.71 bits per heavy atom. The van der Waals surface area contributed by atoms with Crippen LogP contribution in [0.15, 0.2) is 6.07 Å². The predicted octanol–water partition coefficient (Wildman–Crippen LogP) is 4.42. The second kappa shape index (κ2) is 10.8. The summed E-state index contributed by atoms with van der Waals surface area (Å²) in [6.07, 6.45) is 0.657. The Labute approximate surface area is 227 Å². The molecule has 3 heterocycles. The minimum absolute atomic E-state index is 0.0598. The van der Waals surface area contributed by atoms with E-state index in [1.807, 2.05) is 20.8 Å². The number of piperidine rings is 1. The molecule has 38 heavy (non-hydrogen) atoms. The number of hydrogen-bond acceptors (Lipinski definition) is 7. The van der Waals surface area contributed by atoms with Crippen molar-refractivity contribution in [1.82, 2.24) is 9.80 Å². The van der Waals surface area contributed by atoms with Crippen molar-refractivity contribution in [3.05, 3.63) is 15.8 Å². The van der Waals surface area contributed by atoms with Gasteiger partial charge in [0.2, 0.25) is 6.41 Å². The number of amides is 3. The largest absolute Gasteiger partial charge is 0.477 e. The van der Waals surface area contributed by atoms with Gasteiger partial charge in [-0.1, -0.05) is 11.8 Å². The second-order valence-electron chi connectivity index (χ2n) is 12.0. The number of rotatable bonds is 5. The molecular formula is C27H37N3O7S. The zero-order valence-electron chi connectivity index (χ0n) is 23.1. The number of anilines is 1. The lowest BCUT2D eigenvalue weighted by atomic mass is 9.97. The number of nitrogens with zero attached hydrogens (tertiary/aromatic N) is 3. The summed E-state index contributed by atoms with van der Waals surface area (Å²) >= 11 is 1.05. The summed E-state index contributed by atoms with van der Waals surface area (Å²) in [4.78, 5) is 54.1. The van der Waals surface area contributed by atoms with E-state index < -0.39 is 29.4 Å². The number of carboxylic acids is 1. The fourth-order valence-corrected chi connectivity index (χ4v) is 5.11. The van der Waals surface area contributed by atoms with Crippen LogP contribution in [0.5, 0.6) is 0 Å². The number of thiophene rings is 1. The van der Waals surface area contributed by atoms with Gasteiger partial charge in [0.1, 0.15) is 16.1 Å². The highest BCUT2D eigenvalue weighted by Crippen LogP contribution is 2.34. The first kappa shape index (κ1) is 29.3. The van der Waals surface area contributed by atoms with Crippen LogP contribution in [0.1, 0.15) is 75.9 Å². The third-order valence-electron chi connectivity index (χ3n) is 6.01. The monoisotopic (exact) mass is 547 g/mol. The topological polar surface area (TPSA) is 117 Å². The van der Waals surface area contributed by atoms with Gasteiger partial charge < -0.3 is 29.3 Å². The van der Waals surface area contributed by atoms with Crippen LogP contribution in [0.3, 0.4) is 0 Å². The predicted molar refractivity (Wildman–Crippen MR) is 143 cm³/mol. The minimum Gasteiger partial charge on any atom is -0.477 e. The Morgan fingerprint density at radius 3 is 2.21 bits per heavy atom. The van der Waals surface area contributed by atoms with Gasteiger partial charge in [0, 0.05) is 24.5 Å². The van der Waals surface area contributed by atoms with E-state index in [1.165, 1.54) is 9.80 Å². The van der Waals surface area contributed by atoms with Gasteiger partial charge in [-0.15, -0.1) is 11.3 Å². The van der Waals surface area contributed by atoms with Crippen molar-refractivity contribution < 1.29 is 33.8 Å². The normalized spacial score (nSPS) is 17.6. The van der Waals surface area contributed by atoms with Gasteiger partial charge in [-0.2, -0.15) is 0 Å². The lowest BCUT2D eigenvalue weighted by molar-refractivity contribution is -0.108. The number of carbonyl (C=O) groups excluding carboxylic acids is 3. The lowest BCUT2D eigenvalue weighted by Gasteiger charge is -2.47. The average molecular weight is 548 g/mol. The SMILES string of the molecule is CC(C)(C)C#Cc1cc(N(C=O)C2CCN(C(=O)OC3(C)CN(C(=O)OC(C)(C)C)C3)CC2)c(C(=O)O)s1. The fraction of sp³-hybridized carbons (Fsp3) is 0.630. The van der Waals surface area contributed by atoms with Gasteiger partial charge in [0.15, 0.2) is 0 Å². The smallest absolute Gasteiger partial charge is 0.410 e. The standard InChI is InChI=1S/C27H37N3O7S/c1-25(2,3)11-8-19-14-20(21(38-19)22(32)33)30(17-31)18-9-12-28(13-10-18)23(34)37-27(7)15-29(16-27)24(35)36-26(4,5)6/h14,17-18H,9-10,12-13,15-16H2,1-7H3,(H,32,33). The molecule has 208 valence electrons. The maximum absolute atomic E-state index is 12.8. The van der Waals surface area contributed by atoms with Gasteiger partial charge in [0.05, 0.1) is 23.7 Å². The quantitative estimate of drug-likeness (QED) is 0.428. The number of likely N-dealkylation sites (tertiary alicyclic amines) is 2. The van der Waals surface area contributed by atoms with Gasteiger partial charge in [-0.3, -0.25) is 4.79 Å². The zero-order chi connectivity index (χ0) is 28.5. The van der Waals surface area contributed by atoms with Crippen LogP contribution in [0.2, 0.25) is 0 Å². The molecule has 3 rings (SSSR count). The van der Waals surface area contributed by atoms with E-state index in [4.69, 9.17) is 9.47 Å². The van der Waals surface area contributed by atoms with Crippen LogP contribution in [0, 0.1) is 17.3 Å². The number of ether oxygens (including phenoxy) is 2. The Balaban J connectivity index is 1.60. The van der Waals surface area contributed by atoms with Crippen LogP contribution < -0.4 is 4.90 Å². The zero-order valence-corrected chi connectivity index (χ0v) is 23.9. The van der Waals surface area contributed by atoms with E-state index in [0.29, 0.717) is 42.9 Å². The molecule has 0 unspecified atom stereocenters. The highest BCUT2D eigenvalue weighted by atomic mass is 32.1. The summed E-state index contributed by atoms with van der Waals surface area (Å²) in [6.45, 7) is 14.2. The molecule has 0 aromatic carbocycles. The molecule has 1 aromatic rings. The fourth-order valence-electron chi connectivity index (χ4n) is 4.26. The van der Waals surface area contributed by atoms with E-state index in [-0.39, 0.29) is 29.4 Å². The Kier molecular flexibility index (Phi) is 8.36. The number of carboxylic acid groups (broad SMARTS) is 1. The van der Waals surface area contributed by atoms with Gasteiger partial charge in [-0.05, 0) is 67.4 Å². The van der Waals surface area contributed by atoms with Crippen molar-refractivity contribution in [3.8, 4) is 11.8 Å². The third kappa shape index (κ3) is 7.40. The van der Waals surface area contributed by atoms with E-state index in [0.717, 1.165) is 11.3 Å². The van der Waals surface area contributed by atoms with Gasteiger partial charge in [0.25, 0.3) is 0 Å². The summed E-state index contributed by atoms with van der Waals surface area (Å²) in [5, 5.41) is 9.73. The molecular weight excluding hydrogens is 510 g/mol. The molecule has 10 nitrogen and oxygen atoms in total. The van der Waals surface area contributed by atoms with E-state index in [9.17, 15) is 24.3 Å². The molecule has 0 bridgehead atoms. The van der Waals surface area contributed by atoms with Crippen molar-refractivity contribution in [3.63, 3.8) is 0 Å². The number of hydrogen-bond donors (Lipinski definition) is 1. The lowest BCUT2D eigenvalue weighted by Crippen LogP contribution is -2.65. The molecule has 2 saturated heterocycles. The minimum atomic E-state index is -1.11. The molecule has 3 amide bonds. The average Bonchev–Trinajstić information content (AvgIpc) is 3.19. The molecule has 2 fully saturated rings. The summed E-state index contributed by atoms with van der Waals surface area (Å²) in [5.41, 5.74) is -1.32. The Morgan fingerprint density at radius 1 is 1.11 bits per heavy atom. The molecule has 2 aliphatic rings. The first-order chi connectivity index (χ1) is 17.5.